The second-order valence-corrected chi connectivity index (χ2v) is 5.68. The fourth-order valence-corrected chi connectivity index (χ4v) is 2.64. The molecule has 21 heavy (non-hydrogen) atoms. The van der Waals surface area contributed by atoms with Gasteiger partial charge in [0.1, 0.15) is 0 Å². The summed E-state index contributed by atoms with van der Waals surface area (Å²) in [5.74, 6) is 0.274. The van der Waals surface area contributed by atoms with E-state index in [2.05, 4.69) is 24.4 Å². The number of nitrogens with zero attached hydrogens (tertiary/aromatic N) is 1. The van der Waals surface area contributed by atoms with Crippen LogP contribution < -0.4 is 5.32 Å². The van der Waals surface area contributed by atoms with Gasteiger partial charge >= 0.3 is 0 Å². The lowest BCUT2D eigenvalue weighted by molar-refractivity contribution is -0.133. The third-order valence-electron chi connectivity index (χ3n) is 3.85. The van der Waals surface area contributed by atoms with Crippen LogP contribution in [0.1, 0.15) is 36.8 Å². The van der Waals surface area contributed by atoms with Gasteiger partial charge in [0.25, 0.3) is 0 Å². The van der Waals surface area contributed by atoms with Crippen molar-refractivity contribution in [3.63, 3.8) is 0 Å². The molecule has 0 radical (unpaired) electrons. The summed E-state index contributed by atoms with van der Waals surface area (Å²) in [4.78, 5) is 25.3. The highest BCUT2D eigenvalue weighted by molar-refractivity contribution is 5.77. The number of likely N-dealkylation sites (tertiary alicyclic amines) is 1. The molecular formula is C17H24N2O2. The van der Waals surface area contributed by atoms with Crippen LogP contribution >= 0.6 is 0 Å². The Kier molecular flexibility index (Phi) is 5.78. The summed E-state index contributed by atoms with van der Waals surface area (Å²) in [5.41, 5.74) is 2.41. The van der Waals surface area contributed by atoms with Gasteiger partial charge in [-0.15, -0.1) is 0 Å². The number of nitrogens with one attached hydrogen (secondary N) is 1. The van der Waals surface area contributed by atoms with Gasteiger partial charge in [0.15, 0.2) is 0 Å². The van der Waals surface area contributed by atoms with Crippen molar-refractivity contribution in [3.05, 3.63) is 35.4 Å². The Morgan fingerprint density at radius 1 is 1.33 bits per heavy atom. The number of carbonyl (C=O) groups excluding carboxylic acids is 2. The van der Waals surface area contributed by atoms with Crippen LogP contribution in [0.5, 0.6) is 0 Å². The largest absolute Gasteiger partial charge is 0.354 e. The van der Waals surface area contributed by atoms with Crippen LogP contribution in [0, 0.1) is 6.92 Å². The van der Waals surface area contributed by atoms with E-state index < -0.39 is 0 Å². The molecule has 0 aromatic heterocycles. The minimum absolute atomic E-state index is 0.0564. The fraction of sp³-hybridized carbons (Fsp3) is 0.529. The smallest absolute Gasteiger partial charge is 0.222 e. The van der Waals surface area contributed by atoms with Crippen LogP contribution in [0.25, 0.3) is 0 Å². The number of piperidine rings is 1. The lowest BCUT2D eigenvalue weighted by Gasteiger charge is -2.26. The van der Waals surface area contributed by atoms with Crippen molar-refractivity contribution in [3.8, 4) is 0 Å². The monoisotopic (exact) mass is 288 g/mol. The summed E-state index contributed by atoms with van der Waals surface area (Å²) >= 11 is 0. The average molecular weight is 288 g/mol. The van der Waals surface area contributed by atoms with Gasteiger partial charge in [-0.1, -0.05) is 29.8 Å². The maximum atomic E-state index is 11.8. The van der Waals surface area contributed by atoms with Gasteiger partial charge in [-0.25, -0.2) is 0 Å². The van der Waals surface area contributed by atoms with Gasteiger partial charge in [0.2, 0.25) is 11.8 Å². The zero-order valence-corrected chi connectivity index (χ0v) is 12.7. The molecule has 2 rings (SSSR count). The topological polar surface area (TPSA) is 49.4 Å². The summed E-state index contributed by atoms with van der Waals surface area (Å²) in [6.07, 6.45) is 3.99. The van der Waals surface area contributed by atoms with Crippen LogP contribution in [0.15, 0.2) is 24.3 Å². The Hall–Kier alpha value is -1.84. The number of amides is 2. The van der Waals surface area contributed by atoms with E-state index in [0.717, 1.165) is 25.8 Å². The molecule has 4 nitrogen and oxygen atoms in total. The standard InChI is InChI=1S/C17H24N2O2/c1-14-5-4-6-15(13-14)8-9-16(20)18-10-12-19-11-3-2-7-17(19)21/h4-6,13H,2-3,7-12H2,1H3,(H,18,20). The normalized spacial score (nSPS) is 15.1. The van der Waals surface area contributed by atoms with E-state index in [0.29, 0.717) is 25.9 Å². The van der Waals surface area contributed by atoms with Gasteiger partial charge in [-0.3, -0.25) is 9.59 Å². The number of benzene rings is 1. The molecule has 0 saturated carbocycles. The third-order valence-corrected chi connectivity index (χ3v) is 3.85. The van der Waals surface area contributed by atoms with E-state index in [4.69, 9.17) is 0 Å². The molecule has 1 fully saturated rings. The Labute approximate surface area is 126 Å². The molecule has 1 saturated heterocycles. The van der Waals surface area contributed by atoms with E-state index >= 15 is 0 Å². The van der Waals surface area contributed by atoms with E-state index in [1.807, 2.05) is 17.0 Å². The van der Waals surface area contributed by atoms with Crippen molar-refractivity contribution >= 4 is 11.8 Å². The quantitative estimate of drug-likeness (QED) is 0.871. The minimum atomic E-state index is 0.0564. The van der Waals surface area contributed by atoms with Crippen LogP contribution in [0.4, 0.5) is 0 Å². The van der Waals surface area contributed by atoms with Crippen molar-refractivity contribution < 1.29 is 9.59 Å². The minimum Gasteiger partial charge on any atom is -0.354 e. The molecule has 0 bridgehead atoms. The third kappa shape index (κ3) is 5.21. The maximum Gasteiger partial charge on any atom is 0.222 e. The van der Waals surface area contributed by atoms with Crippen molar-refractivity contribution in [1.82, 2.24) is 10.2 Å². The molecule has 1 aromatic rings. The van der Waals surface area contributed by atoms with Crippen molar-refractivity contribution in [1.29, 1.82) is 0 Å². The first-order valence-electron chi connectivity index (χ1n) is 7.75. The summed E-state index contributed by atoms with van der Waals surface area (Å²) in [6, 6.07) is 8.23. The molecule has 1 N–H and O–H groups in total. The van der Waals surface area contributed by atoms with Crippen LogP contribution in [-0.4, -0.2) is 36.3 Å². The lowest BCUT2D eigenvalue weighted by atomic mass is 10.1. The zero-order chi connectivity index (χ0) is 15.1. The highest BCUT2D eigenvalue weighted by Crippen LogP contribution is 2.09. The van der Waals surface area contributed by atoms with Gasteiger partial charge in [0.05, 0.1) is 0 Å². The summed E-state index contributed by atoms with van der Waals surface area (Å²) < 4.78 is 0. The molecule has 2 amide bonds. The first-order valence-corrected chi connectivity index (χ1v) is 7.75. The predicted octanol–water partition coefficient (Wildman–Crippen LogP) is 2.06. The van der Waals surface area contributed by atoms with E-state index in [1.165, 1.54) is 11.1 Å². The van der Waals surface area contributed by atoms with Crippen molar-refractivity contribution in [2.24, 2.45) is 0 Å². The van der Waals surface area contributed by atoms with Gasteiger partial charge < -0.3 is 10.2 Å². The number of hydrogen-bond donors (Lipinski definition) is 1. The molecule has 1 aliphatic rings. The molecule has 1 aromatic carbocycles. The van der Waals surface area contributed by atoms with E-state index in [9.17, 15) is 9.59 Å². The van der Waals surface area contributed by atoms with Crippen molar-refractivity contribution in [2.45, 2.75) is 39.0 Å². The van der Waals surface area contributed by atoms with Crippen LogP contribution in [-0.2, 0) is 16.0 Å². The van der Waals surface area contributed by atoms with E-state index in [1.54, 1.807) is 0 Å². The summed E-state index contributed by atoms with van der Waals surface area (Å²) in [7, 11) is 0. The fourth-order valence-electron chi connectivity index (χ4n) is 2.64. The second kappa shape index (κ2) is 7.81. The first-order chi connectivity index (χ1) is 10.1. The number of carbonyl (C=O) groups is 2. The van der Waals surface area contributed by atoms with Gasteiger partial charge in [0, 0.05) is 32.5 Å². The van der Waals surface area contributed by atoms with Crippen LogP contribution in [0.3, 0.4) is 0 Å². The Morgan fingerprint density at radius 3 is 2.95 bits per heavy atom. The Balaban J connectivity index is 1.64. The van der Waals surface area contributed by atoms with Crippen LogP contribution in [0.2, 0.25) is 0 Å². The SMILES string of the molecule is Cc1cccc(CCC(=O)NCCN2CCCCC2=O)c1. The van der Waals surface area contributed by atoms with E-state index in [-0.39, 0.29) is 11.8 Å². The number of aryl methyl sites for hydroxylation is 2. The molecule has 0 unspecified atom stereocenters. The summed E-state index contributed by atoms with van der Waals surface area (Å²) in [6.45, 7) is 4.07. The second-order valence-electron chi connectivity index (χ2n) is 5.68. The first kappa shape index (κ1) is 15.5. The maximum absolute atomic E-state index is 11.8. The molecule has 0 aliphatic carbocycles. The Morgan fingerprint density at radius 2 is 2.19 bits per heavy atom. The zero-order valence-electron chi connectivity index (χ0n) is 12.7. The summed E-state index contributed by atoms with van der Waals surface area (Å²) in [5, 5.41) is 2.90. The molecular weight excluding hydrogens is 264 g/mol. The van der Waals surface area contributed by atoms with Crippen molar-refractivity contribution in [2.75, 3.05) is 19.6 Å². The molecule has 1 heterocycles. The van der Waals surface area contributed by atoms with Gasteiger partial charge in [-0.2, -0.15) is 0 Å². The number of rotatable bonds is 6. The molecule has 0 atom stereocenters. The predicted molar refractivity (Wildman–Crippen MR) is 82.9 cm³/mol. The lowest BCUT2D eigenvalue weighted by Crippen LogP contribution is -2.41. The highest BCUT2D eigenvalue weighted by Gasteiger charge is 2.17. The molecule has 4 heteroatoms. The molecule has 114 valence electrons. The Bertz CT molecular complexity index is 499. The molecule has 1 aliphatic heterocycles. The highest BCUT2D eigenvalue weighted by atomic mass is 16.2. The average Bonchev–Trinajstić information content (AvgIpc) is 2.47. The molecule has 0 spiro atoms. The van der Waals surface area contributed by atoms with Gasteiger partial charge in [-0.05, 0) is 31.7 Å². The number of hydrogen-bond acceptors (Lipinski definition) is 2.